The first-order valence-electron chi connectivity index (χ1n) is 8.34. The molecule has 0 saturated carbocycles. The Morgan fingerprint density at radius 3 is 2.40 bits per heavy atom. The van der Waals surface area contributed by atoms with Crippen molar-refractivity contribution in [2.75, 3.05) is 29.6 Å². The van der Waals surface area contributed by atoms with Crippen molar-refractivity contribution in [3.63, 3.8) is 0 Å². The summed E-state index contributed by atoms with van der Waals surface area (Å²) in [5.41, 5.74) is 2.96. The van der Waals surface area contributed by atoms with Crippen LogP contribution in [0.2, 0.25) is 0 Å². The first-order valence-corrected chi connectivity index (χ1v) is 10.4. The smallest absolute Gasteiger partial charge is 0.255 e. The largest absolute Gasteiger partial charge is 0.372 e. The summed E-state index contributed by atoms with van der Waals surface area (Å²) in [6.45, 7) is 2.16. The molecule has 0 radical (unpaired) electrons. The molecule has 3 rings (SSSR count). The summed E-state index contributed by atoms with van der Waals surface area (Å²) in [5.74, 6) is -0.317. The molecule has 1 aliphatic rings. The molecule has 6 heteroatoms. The second-order valence-electron chi connectivity index (χ2n) is 6.47. The summed E-state index contributed by atoms with van der Waals surface area (Å²) in [6, 6.07) is 14.5. The predicted molar refractivity (Wildman–Crippen MR) is 101 cm³/mol. The number of benzene rings is 2. The Labute approximate surface area is 148 Å². The van der Waals surface area contributed by atoms with Gasteiger partial charge in [-0.15, -0.1) is 0 Å². The molecule has 1 saturated heterocycles. The van der Waals surface area contributed by atoms with Gasteiger partial charge in [-0.2, -0.15) is 0 Å². The fraction of sp³-hybridized carbons (Fsp3) is 0.316. The van der Waals surface area contributed by atoms with Gasteiger partial charge in [0.15, 0.2) is 9.84 Å². The van der Waals surface area contributed by atoms with E-state index in [1.54, 1.807) is 24.3 Å². The number of anilines is 2. The van der Waals surface area contributed by atoms with Gasteiger partial charge >= 0.3 is 0 Å². The zero-order valence-corrected chi connectivity index (χ0v) is 15.1. The molecule has 25 heavy (non-hydrogen) atoms. The molecule has 2 aromatic carbocycles. The number of nitrogens with zero attached hydrogens (tertiary/aromatic N) is 1. The Morgan fingerprint density at radius 1 is 1.08 bits per heavy atom. The number of hydrogen-bond donors (Lipinski definition) is 1. The lowest BCUT2D eigenvalue weighted by Crippen LogP contribution is -2.17. The monoisotopic (exact) mass is 358 g/mol. The summed E-state index contributed by atoms with van der Waals surface area (Å²) < 4.78 is 22.8. The first kappa shape index (κ1) is 17.5. The van der Waals surface area contributed by atoms with E-state index < -0.39 is 9.84 Å². The number of nitrogens with one attached hydrogen (secondary N) is 1. The molecule has 0 aromatic heterocycles. The summed E-state index contributed by atoms with van der Waals surface area (Å²) >= 11 is 0. The summed E-state index contributed by atoms with van der Waals surface area (Å²) in [7, 11) is -3.13. The molecule has 0 bridgehead atoms. The van der Waals surface area contributed by atoms with Gasteiger partial charge < -0.3 is 10.2 Å². The van der Waals surface area contributed by atoms with E-state index in [1.807, 2.05) is 24.3 Å². The molecule has 1 amide bonds. The van der Waals surface area contributed by atoms with Gasteiger partial charge in [-0.25, -0.2) is 8.42 Å². The maximum atomic E-state index is 12.4. The van der Waals surface area contributed by atoms with Crippen molar-refractivity contribution >= 4 is 27.1 Å². The minimum atomic E-state index is -3.13. The van der Waals surface area contributed by atoms with Gasteiger partial charge in [0.05, 0.1) is 5.75 Å². The standard InChI is InChI=1S/C19H22N2O3S/c1-25(23,24)14-15-5-4-6-16(13-15)19(22)20-17-7-9-18(10-8-17)21-11-2-3-12-21/h4-10,13H,2-3,11-12,14H2,1H3,(H,20,22). The number of amides is 1. The fourth-order valence-electron chi connectivity index (χ4n) is 3.04. The van der Waals surface area contributed by atoms with E-state index in [0.717, 1.165) is 18.8 Å². The third-order valence-electron chi connectivity index (χ3n) is 4.21. The van der Waals surface area contributed by atoms with Gasteiger partial charge in [-0.3, -0.25) is 4.79 Å². The van der Waals surface area contributed by atoms with Gasteiger partial charge in [-0.05, 0) is 54.8 Å². The molecule has 1 aliphatic heterocycles. The van der Waals surface area contributed by atoms with Crippen LogP contribution in [0.3, 0.4) is 0 Å². The van der Waals surface area contributed by atoms with Crippen molar-refractivity contribution in [1.82, 2.24) is 0 Å². The van der Waals surface area contributed by atoms with Crippen LogP contribution in [0.4, 0.5) is 11.4 Å². The zero-order valence-electron chi connectivity index (χ0n) is 14.2. The number of rotatable bonds is 5. The molecule has 1 fully saturated rings. The van der Waals surface area contributed by atoms with Gasteiger partial charge in [0.1, 0.15) is 0 Å². The molecule has 0 unspecified atom stereocenters. The van der Waals surface area contributed by atoms with Crippen LogP contribution in [0.5, 0.6) is 0 Å². The number of carbonyl (C=O) groups excluding carboxylic acids is 1. The van der Waals surface area contributed by atoms with Crippen molar-refractivity contribution in [2.45, 2.75) is 18.6 Å². The highest BCUT2D eigenvalue weighted by atomic mass is 32.2. The van der Waals surface area contributed by atoms with E-state index >= 15 is 0 Å². The van der Waals surface area contributed by atoms with Gasteiger partial charge in [0.25, 0.3) is 5.91 Å². The third-order valence-corrected chi connectivity index (χ3v) is 5.07. The van der Waals surface area contributed by atoms with Crippen LogP contribution in [0.15, 0.2) is 48.5 Å². The van der Waals surface area contributed by atoms with Crippen molar-refractivity contribution in [3.05, 3.63) is 59.7 Å². The van der Waals surface area contributed by atoms with Crippen LogP contribution in [0.1, 0.15) is 28.8 Å². The topological polar surface area (TPSA) is 66.5 Å². The van der Waals surface area contributed by atoms with Crippen LogP contribution in [0.25, 0.3) is 0 Å². The maximum Gasteiger partial charge on any atom is 0.255 e. The van der Waals surface area contributed by atoms with Gasteiger partial charge in [-0.1, -0.05) is 12.1 Å². The van der Waals surface area contributed by atoms with E-state index in [4.69, 9.17) is 0 Å². The molecular weight excluding hydrogens is 336 g/mol. The minimum absolute atomic E-state index is 0.0708. The number of sulfone groups is 1. The molecule has 1 heterocycles. The Balaban J connectivity index is 1.68. The van der Waals surface area contributed by atoms with E-state index in [9.17, 15) is 13.2 Å². The van der Waals surface area contributed by atoms with Crippen LogP contribution in [0, 0.1) is 0 Å². The summed E-state index contributed by atoms with van der Waals surface area (Å²) in [5, 5.41) is 2.86. The summed E-state index contributed by atoms with van der Waals surface area (Å²) in [6.07, 6.45) is 3.63. The number of carbonyl (C=O) groups is 1. The van der Waals surface area contributed by atoms with Crippen LogP contribution in [-0.2, 0) is 15.6 Å². The lowest BCUT2D eigenvalue weighted by Gasteiger charge is -2.17. The predicted octanol–water partition coefficient (Wildman–Crippen LogP) is 3.08. The van der Waals surface area contributed by atoms with Gasteiger partial charge in [0, 0.05) is 36.3 Å². The highest BCUT2D eigenvalue weighted by Gasteiger charge is 2.13. The number of hydrogen-bond acceptors (Lipinski definition) is 4. The highest BCUT2D eigenvalue weighted by Crippen LogP contribution is 2.22. The molecular formula is C19H22N2O3S. The zero-order chi connectivity index (χ0) is 17.9. The Morgan fingerprint density at radius 2 is 1.76 bits per heavy atom. The third kappa shape index (κ3) is 4.82. The Kier molecular flexibility index (Phi) is 5.08. The fourth-order valence-corrected chi connectivity index (χ4v) is 3.82. The highest BCUT2D eigenvalue weighted by molar-refractivity contribution is 7.89. The van der Waals surface area contributed by atoms with Crippen LogP contribution >= 0.6 is 0 Å². The maximum absolute atomic E-state index is 12.4. The molecule has 5 nitrogen and oxygen atoms in total. The van der Waals surface area contributed by atoms with Crippen molar-refractivity contribution < 1.29 is 13.2 Å². The Bertz CT molecular complexity index is 854. The second kappa shape index (κ2) is 7.27. The van der Waals surface area contributed by atoms with E-state index in [1.165, 1.54) is 24.8 Å². The van der Waals surface area contributed by atoms with E-state index in [0.29, 0.717) is 11.1 Å². The average molecular weight is 358 g/mol. The van der Waals surface area contributed by atoms with Crippen LogP contribution in [-0.4, -0.2) is 33.7 Å². The first-order chi connectivity index (χ1) is 11.9. The molecule has 2 aromatic rings. The van der Waals surface area contributed by atoms with Crippen molar-refractivity contribution in [3.8, 4) is 0 Å². The van der Waals surface area contributed by atoms with Crippen LogP contribution < -0.4 is 10.2 Å². The van der Waals surface area contributed by atoms with E-state index in [2.05, 4.69) is 10.2 Å². The normalized spacial score (nSPS) is 14.5. The molecule has 0 spiro atoms. The van der Waals surface area contributed by atoms with E-state index in [-0.39, 0.29) is 11.7 Å². The molecule has 0 atom stereocenters. The molecule has 1 N–H and O–H groups in total. The summed E-state index contributed by atoms with van der Waals surface area (Å²) in [4.78, 5) is 14.7. The minimum Gasteiger partial charge on any atom is -0.372 e. The second-order valence-corrected chi connectivity index (χ2v) is 8.61. The lowest BCUT2D eigenvalue weighted by atomic mass is 10.1. The average Bonchev–Trinajstić information content (AvgIpc) is 3.08. The quantitative estimate of drug-likeness (QED) is 0.892. The van der Waals surface area contributed by atoms with Crippen molar-refractivity contribution in [1.29, 1.82) is 0 Å². The van der Waals surface area contributed by atoms with Gasteiger partial charge in [0.2, 0.25) is 0 Å². The SMILES string of the molecule is CS(=O)(=O)Cc1cccc(C(=O)Nc2ccc(N3CCCC3)cc2)c1. The molecule has 0 aliphatic carbocycles. The lowest BCUT2D eigenvalue weighted by molar-refractivity contribution is 0.102. The Hall–Kier alpha value is -2.34. The molecule has 132 valence electrons. The van der Waals surface area contributed by atoms with Crippen molar-refractivity contribution in [2.24, 2.45) is 0 Å².